The summed E-state index contributed by atoms with van der Waals surface area (Å²) in [6.07, 6.45) is 3.38. The van der Waals surface area contributed by atoms with Crippen LogP contribution in [0.1, 0.15) is 33.1 Å². The second kappa shape index (κ2) is 3.55. The Morgan fingerprint density at radius 3 is 2.45 bits per heavy atom. The maximum atomic E-state index is 6.24. The molecule has 0 aromatic carbocycles. The van der Waals surface area contributed by atoms with E-state index in [1.54, 1.807) is 0 Å². The SMILES string of the molecule is CCC(N)(CC)C1CC[N]C1. The largest absolute Gasteiger partial charge is 0.325 e. The molecular formula is C9H19N2. The molecule has 0 saturated carbocycles. The summed E-state index contributed by atoms with van der Waals surface area (Å²) in [6, 6.07) is 0. The fourth-order valence-electron chi connectivity index (χ4n) is 1.88. The number of rotatable bonds is 3. The molecule has 1 atom stereocenters. The zero-order chi connectivity index (χ0) is 8.32. The van der Waals surface area contributed by atoms with E-state index in [4.69, 9.17) is 5.73 Å². The summed E-state index contributed by atoms with van der Waals surface area (Å²) in [5.74, 6) is 0.650. The van der Waals surface area contributed by atoms with E-state index in [-0.39, 0.29) is 5.54 Å². The Labute approximate surface area is 69.5 Å². The first-order valence-electron chi connectivity index (χ1n) is 4.65. The normalized spacial score (nSPS) is 25.9. The van der Waals surface area contributed by atoms with Crippen molar-refractivity contribution < 1.29 is 0 Å². The highest BCUT2D eigenvalue weighted by Gasteiger charge is 2.33. The van der Waals surface area contributed by atoms with Crippen molar-refractivity contribution in [1.29, 1.82) is 0 Å². The molecule has 1 heterocycles. The predicted molar refractivity (Wildman–Crippen MR) is 47.5 cm³/mol. The van der Waals surface area contributed by atoms with Crippen LogP contribution in [0.3, 0.4) is 0 Å². The molecule has 1 fully saturated rings. The molecule has 1 unspecified atom stereocenters. The van der Waals surface area contributed by atoms with Gasteiger partial charge < -0.3 is 5.73 Å². The van der Waals surface area contributed by atoms with Crippen LogP contribution in [0.25, 0.3) is 0 Å². The maximum absolute atomic E-state index is 6.24. The molecule has 1 radical (unpaired) electrons. The lowest BCUT2D eigenvalue weighted by Gasteiger charge is -2.32. The highest BCUT2D eigenvalue weighted by Crippen LogP contribution is 2.27. The fraction of sp³-hybridized carbons (Fsp3) is 1.00. The molecule has 0 aliphatic carbocycles. The second-order valence-electron chi connectivity index (χ2n) is 3.56. The summed E-state index contributed by atoms with van der Waals surface area (Å²) in [5, 5.41) is 4.35. The van der Waals surface area contributed by atoms with Crippen LogP contribution in [0.15, 0.2) is 0 Å². The second-order valence-corrected chi connectivity index (χ2v) is 3.56. The van der Waals surface area contributed by atoms with Crippen LogP contribution < -0.4 is 11.1 Å². The van der Waals surface area contributed by atoms with Gasteiger partial charge in [-0.2, -0.15) is 0 Å². The molecule has 0 aromatic rings. The highest BCUT2D eigenvalue weighted by atomic mass is 14.9. The van der Waals surface area contributed by atoms with Crippen LogP contribution in [0.5, 0.6) is 0 Å². The Kier molecular flexibility index (Phi) is 2.90. The molecule has 1 saturated heterocycles. The lowest BCUT2D eigenvalue weighted by Crippen LogP contribution is -2.46. The summed E-state index contributed by atoms with van der Waals surface area (Å²) in [4.78, 5) is 0. The third-order valence-corrected chi connectivity index (χ3v) is 3.11. The van der Waals surface area contributed by atoms with Gasteiger partial charge in [-0.15, -0.1) is 0 Å². The Morgan fingerprint density at radius 1 is 1.45 bits per heavy atom. The van der Waals surface area contributed by atoms with Gasteiger partial charge in [-0.1, -0.05) is 13.8 Å². The van der Waals surface area contributed by atoms with Crippen LogP contribution in [0, 0.1) is 5.92 Å². The zero-order valence-corrected chi connectivity index (χ0v) is 7.64. The van der Waals surface area contributed by atoms with Crippen LogP contribution in [0.2, 0.25) is 0 Å². The Hall–Kier alpha value is -0.0800. The minimum atomic E-state index is 0.0694. The van der Waals surface area contributed by atoms with Gasteiger partial charge >= 0.3 is 0 Å². The highest BCUT2D eigenvalue weighted by molar-refractivity contribution is 4.92. The van der Waals surface area contributed by atoms with E-state index < -0.39 is 0 Å². The summed E-state index contributed by atoms with van der Waals surface area (Å²) in [6.45, 7) is 6.39. The third-order valence-electron chi connectivity index (χ3n) is 3.11. The average Bonchev–Trinajstić information content (AvgIpc) is 2.55. The summed E-state index contributed by atoms with van der Waals surface area (Å²) in [7, 11) is 0. The van der Waals surface area contributed by atoms with Crippen LogP contribution >= 0.6 is 0 Å². The van der Waals surface area contributed by atoms with Gasteiger partial charge in [0, 0.05) is 18.6 Å². The van der Waals surface area contributed by atoms with Crippen molar-refractivity contribution in [2.75, 3.05) is 13.1 Å². The molecule has 0 spiro atoms. The number of hydrogen-bond donors (Lipinski definition) is 1. The maximum Gasteiger partial charge on any atom is 0.0190 e. The van der Waals surface area contributed by atoms with Crippen molar-refractivity contribution in [2.24, 2.45) is 11.7 Å². The van der Waals surface area contributed by atoms with E-state index in [1.807, 2.05) is 0 Å². The van der Waals surface area contributed by atoms with Gasteiger partial charge in [0.15, 0.2) is 0 Å². The van der Waals surface area contributed by atoms with E-state index in [0.717, 1.165) is 25.9 Å². The number of nitrogens with zero attached hydrogens (tertiary/aromatic N) is 1. The van der Waals surface area contributed by atoms with E-state index in [9.17, 15) is 0 Å². The first-order valence-corrected chi connectivity index (χ1v) is 4.65. The van der Waals surface area contributed by atoms with Gasteiger partial charge in [0.05, 0.1) is 0 Å². The molecule has 1 aliphatic rings. The van der Waals surface area contributed by atoms with Crippen LogP contribution in [-0.4, -0.2) is 18.6 Å². The van der Waals surface area contributed by atoms with Gasteiger partial charge in [-0.25, -0.2) is 5.32 Å². The Bertz CT molecular complexity index is 113. The van der Waals surface area contributed by atoms with Crippen LogP contribution in [-0.2, 0) is 0 Å². The molecule has 11 heavy (non-hydrogen) atoms. The molecule has 65 valence electrons. The van der Waals surface area contributed by atoms with Gasteiger partial charge in [-0.05, 0) is 25.2 Å². The summed E-state index contributed by atoms with van der Waals surface area (Å²) < 4.78 is 0. The smallest absolute Gasteiger partial charge is 0.0190 e. The molecule has 1 rings (SSSR count). The zero-order valence-electron chi connectivity index (χ0n) is 7.64. The lowest BCUT2D eigenvalue weighted by atomic mass is 9.80. The topological polar surface area (TPSA) is 40.1 Å². The van der Waals surface area contributed by atoms with Crippen molar-refractivity contribution in [2.45, 2.75) is 38.6 Å². The van der Waals surface area contributed by atoms with Gasteiger partial charge in [0.25, 0.3) is 0 Å². The predicted octanol–water partition coefficient (Wildman–Crippen LogP) is 1.13. The fourth-order valence-corrected chi connectivity index (χ4v) is 1.88. The molecule has 1 aliphatic heterocycles. The van der Waals surface area contributed by atoms with Crippen molar-refractivity contribution in [3.63, 3.8) is 0 Å². The molecule has 2 nitrogen and oxygen atoms in total. The molecule has 0 aromatic heterocycles. The Balaban J connectivity index is 2.52. The minimum Gasteiger partial charge on any atom is -0.325 e. The first-order chi connectivity index (χ1) is 5.23. The van der Waals surface area contributed by atoms with Gasteiger partial charge in [0.1, 0.15) is 0 Å². The van der Waals surface area contributed by atoms with Crippen molar-refractivity contribution in [3.8, 4) is 0 Å². The number of hydrogen-bond acceptors (Lipinski definition) is 1. The minimum absolute atomic E-state index is 0.0694. The number of nitrogens with two attached hydrogens (primary N) is 1. The molecule has 2 N–H and O–H groups in total. The van der Waals surface area contributed by atoms with Gasteiger partial charge in [0.2, 0.25) is 0 Å². The quantitative estimate of drug-likeness (QED) is 0.652. The molecular weight excluding hydrogens is 136 g/mol. The van der Waals surface area contributed by atoms with E-state index in [2.05, 4.69) is 19.2 Å². The van der Waals surface area contributed by atoms with Crippen molar-refractivity contribution in [3.05, 3.63) is 0 Å². The first kappa shape index (κ1) is 9.01. The standard InChI is InChI=1S/C9H19N2/c1-3-9(10,4-2)8-5-6-11-7-8/h8H,3-7,10H2,1-2H3. The third kappa shape index (κ3) is 1.74. The average molecular weight is 155 g/mol. The molecule has 2 heteroatoms. The molecule has 0 amide bonds. The monoisotopic (exact) mass is 155 g/mol. The Morgan fingerprint density at radius 2 is 2.09 bits per heavy atom. The van der Waals surface area contributed by atoms with E-state index in [1.165, 1.54) is 6.42 Å². The van der Waals surface area contributed by atoms with Crippen molar-refractivity contribution in [1.82, 2.24) is 5.32 Å². The van der Waals surface area contributed by atoms with E-state index in [0.29, 0.717) is 5.92 Å². The van der Waals surface area contributed by atoms with Gasteiger partial charge in [-0.3, -0.25) is 0 Å². The molecule has 0 bridgehead atoms. The van der Waals surface area contributed by atoms with Crippen LogP contribution in [0.4, 0.5) is 0 Å². The summed E-state index contributed by atoms with van der Waals surface area (Å²) >= 11 is 0. The summed E-state index contributed by atoms with van der Waals surface area (Å²) in [5.41, 5.74) is 6.31. The van der Waals surface area contributed by atoms with E-state index >= 15 is 0 Å². The van der Waals surface area contributed by atoms with Crippen molar-refractivity contribution >= 4 is 0 Å². The lowest BCUT2D eigenvalue weighted by molar-refractivity contribution is 0.268.